The van der Waals surface area contributed by atoms with E-state index in [9.17, 15) is 9.59 Å². The fourth-order valence-electron chi connectivity index (χ4n) is 2.77. The minimum atomic E-state index is -0.542. The van der Waals surface area contributed by atoms with Gasteiger partial charge < -0.3 is 25.4 Å². The number of hydrogen-bond acceptors (Lipinski definition) is 5. The van der Waals surface area contributed by atoms with E-state index in [4.69, 9.17) is 9.47 Å². The predicted octanol–water partition coefficient (Wildman–Crippen LogP) is 1.79. The van der Waals surface area contributed by atoms with Gasteiger partial charge in [-0.1, -0.05) is 29.8 Å². The summed E-state index contributed by atoms with van der Waals surface area (Å²) in [6.07, 6.45) is 0.839. The van der Waals surface area contributed by atoms with Crippen molar-refractivity contribution in [1.29, 1.82) is 0 Å². The van der Waals surface area contributed by atoms with Crippen molar-refractivity contribution in [3.63, 3.8) is 0 Å². The molecule has 0 bridgehead atoms. The van der Waals surface area contributed by atoms with Gasteiger partial charge in [-0.3, -0.25) is 0 Å². The van der Waals surface area contributed by atoms with Crippen LogP contribution in [0.2, 0.25) is 0 Å². The molecule has 0 spiro atoms. The third kappa shape index (κ3) is 5.31. The van der Waals surface area contributed by atoms with Crippen LogP contribution in [-0.4, -0.2) is 45.4 Å². The van der Waals surface area contributed by atoms with Crippen LogP contribution in [0.25, 0.3) is 0 Å². The summed E-state index contributed by atoms with van der Waals surface area (Å²) in [5.41, 5.74) is 2.91. The molecule has 1 aliphatic rings. The topological polar surface area (TPSA) is 88.7 Å². The lowest BCUT2D eigenvalue weighted by molar-refractivity contribution is -0.139. The SMILES string of the molecule is CCOC(=O)C1=C(CNCCCOC)NC(=O)N[C@H]1c1ccc(C)cc1. The Labute approximate surface area is 154 Å². The van der Waals surface area contributed by atoms with Gasteiger partial charge in [0.15, 0.2) is 0 Å². The number of aryl methyl sites for hydroxylation is 1. The van der Waals surface area contributed by atoms with Gasteiger partial charge in [-0.05, 0) is 32.4 Å². The molecule has 26 heavy (non-hydrogen) atoms. The summed E-state index contributed by atoms with van der Waals surface area (Å²) in [6.45, 7) is 5.75. The minimum Gasteiger partial charge on any atom is -0.463 e. The zero-order valence-electron chi connectivity index (χ0n) is 15.6. The van der Waals surface area contributed by atoms with Crippen molar-refractivity contribution in [1.82, 2.24) is 16.0 Å². The monoisotopic (exact) mass is 361 g/mol. The van der Waals surface area contributed by atoms with Gasteiger partial charge in [0, 0.05) is 26.0 Å². The Hall–Kier alpha value is -2.38. The van der Waals surface area contributed by atoms with E-state index in [2.05, 4.69) is 16.0 Å². The van der Waals surface area contributed by atoms with Gasteiger partial charge >= 0.3 is 12.0 Å². The first-order valence-corrected chi connectivity index (χ1v) is 8.80. The van der Waals surface area contributed by atoms with Gasteiger partial charge in [0.2, 0.25) is 0 Å². The van der Waals surface area contributed by atoms with Crippen LogP contribution in [0.1, 0.15) is 30.5 Å². The van der Waals surface area contributed by atoms with Crippen molar-refractivity contribution < 1.29 is 19.1 Å². The second kappa shape index (κ2) is 9.94. The molecule has 7 nitrogen and oxygen atoms in total. The average molecular weight is 361 g/mol. The highest BCUT2D eigenvalue weighted by Crippen LogP contribution is 2.27. The number of nitrogens with one attached hydrogen (secondary N) is 3. The lowest BCUT2D eigenvalue weighted by Crippen LogP contribution is -2.48. The largest absolute Gasteiger partial charge is 0.463 e. The zero-order valence-corrected chi connectivity index (χ0v) is 15.6. The van der Waals surface area contributed by atoms with Crippen LogP contribution in [0.4, 0.5) is 4.79 Å². The fraction of sp³-hybridized carbons (Fsp3) is 0.474. The Balaban J connectivity index is 2.28. The molecule has 2 amide bonds. The van der Waals surface area contributed by atoms with Crippen LogP contribution in [0, 0.1) is 6.92 Å². The first-order chi connectivity index (χ1) is 12.6. The number of amides is 2. The number of carbonyl (C=O) groups excluding carboxylic acids is 2. The molecule has 3 N–H and O–H groups in total. The second-order valence-electron chi connectivity index (χ2n) is 6.08. The third-order valence-corrected chi connectivity index (χ3v) is 4.06. The van der Waals surface area contributed by atoms with E-state index < -0.39 is 12.0 Å². The van der Waals surface area contributed by atoms with Gasteiger partial charge in [0.05, 0.1) is 18.2 Å². The number of urea groups is 1. The summed E-state index contributed by atoms with van der Waals surface area (Å²) in [7, 11) is 1.65. The number of rotatable bonds is 9. The first-order valence-electron chi connectivity index (χ1n) is 8.80. The molecular weight excluding hydrogens is 334 g/mol. The maximum atomic E-state index is 12.6. The molecule has 0 fully saturated rings. The van der Waals surface area contributed by atoms with Crippen molar-refractivity contribution in [2.75, 3.05) is 33.4 Å². The molecular formula is C19H27N3O4. The number of hydrogen-bond donors (Lipinski definition) is 3. The number of benzene rings is 1. The van der Waals surface area contributed by atoms with Crippen LogP contribution in [-0.2, 0) is 14.3 Å². The van der Waals surface area contributed by atoms with Gasteiger partial charge in [0.25, 0.3) is 0 Å². The molecule has 1 atom stereocenters. The predicted molar refractivity (Wildman–Crippen MR) is 98.6 cm³/mol. The van der Waals surface area contributed by atoms with Crippen LogP contribution in [0.5, 0.6) is 0 Å². The molecule has 0 aromatic heterocycles. The molecule has 2 rings (SSSR count). The molecule has 0 saturated heterocycles. The summed E-state index contributed by atoms with van der Waals surface area (Å²) in [4.78, 5) is 24.7. The summed E-state index contributed by atoms with van der Waals surface area (Å²) >= 11 is 0. The number of esters is 1. The number of methoxy groups -OCH3 is 1. The molecule has 0 saturated carbocycles. The van der Waals surface area contributed by atoms with Gasteiger partial charge in [0.1, 0.15) is 0 Å². The highest BCUT2D eigenvalue weighted by atomic mass is 16.5. The van der Waals surface area contributed by atoms with E-state index in [1.54, 1.807) is 14.0 Å². The Morgan fingerprint density at radius 1 is 1.27 bits per heavy atom. The highest BCUT2D eigenvalue weighted by Gasteiger charge is 2.33. The Kier molecular flexibility index (Phi) is 7.62. The number of carbonyl (C=O) groups is 2. The van der Waals surface area contributed by atoms with Gasteiger partial charge in [-0.15, -0.1) is 0 Å². The number of ether oxygens (including phenoxy) is 2. The lowest BCUT2D eigenvalue weighted by atomic mass is 9.94. The van der Waals surface area contributed by atoms with Gasteiger partial charge in [-0.2, -0.15) is 0 Å². The summed E-state index contributed by atoms with van der Waals surface area (Å²) < 4.78 is 10.3. The van der Waals surface area contributed by atoms with Gasteiger partial charge in [-0.25, -0.2) is 9.59 Å². The molecule has 142 valence electrons. The van der Waals surface area contributed by atoms with Crippen molar-refractivity contribution in [3.8, 4) is 0 Å². The van der Waals surface area contributed by atoms with Crippen molar-refractivity contribution in [2.45, 2.75) is 26.3 Å². The second-order valence-corrected chi connectivity index (χ2v) is 6.08. The van der Waals surface area contributed by atoms with Crippen molar-refractivity contribution in [2.24, 2.45) is 0 Å². The summed E-state index contributed by atoms with van der Waals surface area (Å²) in [5.74, 6) is -0.431. The smallest absolute Gasteiger partial charge is 0.338 e. The third-order valence-electron chi connectivity index (χ3n) is 4.06. The minimum absolute atomic E-state index is 0.269. The average Bonchev–Trinajstić information content (AvgIpc) is 2.62. The maximum absolute atomic E-state index is 12.6. The van der Waals surface area contributed by atoms with E-state index in [1.165, 1.54) is 0 Å². The molecule has 1 aromatic carbocycles. The zero-order chi connectivity index (χ0) is 18.9. The van der Waals surface area contributed by atoms with Crippen molar-refractivity contribution >= 4 is 12.0 Å². The van der Waals surface area contributed by atoms with Crippen LogP contribution in [0.15, 0.2) is 35.5 Å². The van der Waals surface area contributed by atoms with E-state index in [1.807, 2.05) is 31.2 Å². The molecule has 1 aliphatic heterocycles. The standard InChI is InChI=1S/C19H27N3O4/c1-4-26-18(23)16-15(12-20-10-5-11-25-3)21-19(24)22-17(16)14-8-6-13(2)7-9-14/h6-9,17,20H,4-5,10-12H2,1-3H3,(H2,21,22,24)/t17-/m0/s1. The van der Waals surface area contributed by atoms with E-state index >= 15 is 0 Å². The summed E-state index contributed by atoms with van der Waals surface area (Å²) in [6, 6.07) is 6.85. The van der Waals surface area contributed by atoms with E-state index in [0.29, 0.717) is 31.0 Å². The molecule has 1 aromatic rings. The summed E-state index contributed by atoms with van der Waals surface area (Å²) in [5, 5.41) is 8.80. The molecule has 7 heteroatoms. The normalized spacial score (nSPS) is 16.9. The fourth-order valence-corrected chi connectivity index (χ4v) is 2.77. The molecule has 1 heterocycles. The van der Waals surface area contributed by atoms with E-state index in [0.717, 1.165) is 17.5 Å². The van der Waals surface area contributed by atoms with E-state index in [-0.39, 0.29) is 12.6 Å². The molecule has 0 unspecified atom stereocenters. The first kappa shape index (κ1) is 19.9. The van der Waals surface area contributed by atoms with Crippen LogP contribution >= 0.6 is 0 Å². The molecule has 0 radical (unpaired) electrons. The lowest BCUT2D eigenvalue weighted by Gasteiger charge is -2.29. The maximum Gasteiger partial charge on any atom is 0.338 e. The Morgan fingerprint density at radius 2 is 2.00 bits per heavy atom. The Morgan fingerprint density at radius 3 is 2.65 bits per heavy atom. The highest BCUT2D eigenvalue weighted by molar-refractivity contribution is 5.95. The molecule has 0 aliphatic carbocycles. The van der Waals surface area contributed by atoms with Crippen molar-refractivity contribution in [3.05, 3.63) is 46.7 Å². The quantitative estimate of drug-likeness (QED) is 0.461. The Bertz CT molecular complexity index is 655. The van der Waals surface area contributed by atoms with Crippen LogP contribution in [0.3, 0.4) is 0 Å². The van der Waals surface area contributed by atoms with Crippen LogP contribution < -0.4 is 16.0 Å².